The maximum absolute atomic E-state index is 13.7. The molecule has 5 rings (SSSR count). The van der Waals surface area contributed by atoms with Crippen molar-refractivity contribution in [2.24, 2.45) is 5.92 Å². The second-order valence-corrected chi connectivity index (χ2v) is 11.5. The van der Waals surface area contributed by atoms with Gasteiger partial charge < -0.3 is 19.4 Å². The summed E-state index contributed by atoms with van der Waals surface area (Å²) >= 11 is 0. The maximum atomic E-state index is 13.7. The molecule has 3 aliphatic rings. The zero-order valence-corrected chi connectivity index (χ0v) is 20.7. The Kier molecular flexibility index (Phi) is 6.59. The normalized spacial score (nSPS) is 21.3. The van der Waals surface area contributed by atoms with Crippen molar-refractivity contribution in [1.82, 2.24) is 9.21 Å². The van der Waals surface area contributed by atoms with Gasteiger partial charge in [-0.05, 0) is 56.4 Å². The molecule has 1 aromatic carbocycles. The minimum atomic E-state index is -3.85. The lowest BCUT2D eigenvalue weighted by molar-refractivity contribution is -0.140. The topological polar surface area (TPSA) is 109 Å². The van der Waals surface area contributed by atoms with Gasteiger partial charge in [0.05, 0.1) is 29.3 Å². The second-order valence-electron chi connectivity index (χ2n) is 9.64. The highest BCUT2D eigenvalue weighted by molar-refractivity contribution is 7.89. The number of nitrogens with one attached hydrogen (secondary N) is 1. The van der Waals surface area contributed by atoms with E-state index in [1.807, 2.05) is 17.0 Å². The lowest BCUT2D eigenvalue weighted by Crippen LogP contribution is -2.48. The third-order valence-corrected chi connectivity index (χ3v) is 9.22. The molecule has 2 aromatic rings. The molecule has 1 N–H and O–H groups in total. The number of hydrogen-bond acceptors (Lipinski definition) is 6. The Morgan fingerprint density at radius 1 is 1.20 bits per heavy atom. The van der Waals surface area contributed by atoms with Gasteiger partial charge in [-0.1, -0.05) is 12.8 Å². The molecule has 3 heterocycles. The van der Waals surface area contributed by atoms with E-state index in [0.717, 1.165) is 31.4 Å². The van der Waals surface area contributed by atoms with Crippen molar-refractivity contribution in [3.63, 3.8) is 0 Å². The van der Waals surface area contributed by atoms with Crippen LogP contribution in [0.3, 0.4) is 0 Å². The number of sulfonamides is 1. The predicted molar refractivity (Wildman–Crippen MR) is 128 cm³/mol. The van der Waals surface area contributed by atoms with Crippen molar-refractivity contribution < 1.29 is 27.2 Å². The van der Waals surface area contributed by atoms with Gasteiger partial charge in [0.1, 0.15) is 11.5 Å². The molecule has 1 aliphatic carbocycles. The van der Waals surface area contributed by atoms with Crippen LogP contribution in [0.1, 0.15) is 49.8 Å². The zero-order valence-electron chi connectivity index (χ0n) is 19.9. The second kappa shape index (κ2) is 9.66. The number of benzene rings is 1. The number of nitrogens with zero attached hydrogens (tertiary/aromatic N) is 2. The number of aryl methyl sites for hydroxylation is 1. The molecule has 1 saturated carbocycles. The Hall–Kier alpha value is -2.85. The highest BCUT2D eigenvalue weighted by Gasteiger charge is 2.38. The first-order valence-electron chi connectivity index (χ1n) is 12.2. The van der Waals surface area contributed by atoms with Gasteiger partial charge in [0.15, 0.2) is 6.61 Å². The Bertz CT molecular complexity index is 1200. The van der Waals surface area contributed by atoms with Gasteiger partial charge in [0, 0.05) is 25.2 Å². The Morgan fingerprint density at radius 3 is 2.74 bits per heavy atom. The SMILES string of the molecule is Cc1cc2c(cc1S(=O)(=O)N1CCC[C@@H](C(=O)N(Cc3ccco3)C3CCCC3)C1)OCC(=O)N2. The van der Waals surface area contributed by atoms with Gasteiger partial charge in [0.2, 0.25) is 15.9 Å². The van der Waals surface area contributed by atoms with Crippen LogP contribution in [0.15, 0.2) is 39.8 Å². The minimum Gasteiger partial charge on any atom is -0.482 e. The molecular weight excluding hydrogens is 470 g/mol. The molecule has 2 fully saturated rings. The fourth-order valence-electron chi connectivity index (χ4n) is 5.40. The number of carbonyl (C=O) groups excluding carboxylic acids is 2. The van der Waals surface area contributed by atoms with E-state index < -0.39 is 15.9 Å². The molecule has 0 unspecified atom stereocenters. The zero-order chi connectivity index (χ0) is 24.6. The molecule has 9 nitrogen and oxygen atoms in total. The number of amides is 2. The van der Waals surface area contributed by atoms with E-state index in [-0.39, 0.29) is 35.9 Å². The van der Waals surface area contributed by atoms with Crippen molar-refractivity contribution in [1.29, 1.82) is 0 Å². The smallest absolute Gasteiger partial charge is 0.262 e. The molecule has 0 bridgehead atoms. The Labute approximate surface area is 205 Å². The van der Waals surface area contributed by atoms with Crippen LogP contribution in [0.2, 0.25) is 0 Å². The molecule has 35 heavy (non-hydrogen) atoms. The van der Waals surface area contributed by atoms with E-state index in [4.69, 9.17) is 9.15 Å². The number of carbonyl (C=O) groups is 2. The first-order valence-corrected chi connectivity index (χ1v) is 13.7. The standard InChI is InChI=1S/C25H31N3O6S/c1-17-12-21-22(34-16-24(29)26-21)13-23(17)35(31,32)27-10-4-6-18(14-27)25(30)28(19-7-2-3-8-19)15-20-9-5-11-33-20/h5,9,11-13,18-19H,2-4,6-8,10,14-16H2,1H3,(H,26,29)/t18-/m1/s1. The van der Waals surface area contributed by atoms with Crippen LogP contribution in [0.4, 0.5) is 5.69 Å². The Balaban J connectivity index is 1.37. The van der Waals surface area contributed by atoms with Gasteiger partial charge in [-0.3, -0.25) is 9.59 Å². The van der Waals surface area contributed by atoms with Gasteiger partial charge in [-0.15, -0.1) is 0 Å². The van der Waals surface area contributed by atoms with Crippen LogP contribution < -0.4 is 10.1 Å². The number of rotatable bonds is 6. The molecular formula is C25H31N3O6S. The van der Waals surface area contributed by atoms with E-state index in [0.29, 0.717) is 42.9 Å². The van der Waals surface area contributed by atoms with Crippen molar-refractivity contribution >= 4 is 27.5 Å². The van der Waals surface area contributed by atoms with E-state index in [1.54, 1.807) is 19.3 Å². The number of hydrogen-bond donors (Lipinski definition) is 1. The van der Waals surface area contributed by atoms with Crippen LogP contribution >= 0.6 is 0 Å². The average molecular weight is 502 g/mol. The fraction of sp³-hybridized carbons (Fsp3) is 0.520. The summed E-state index contributed by atoms with van der Waals surface area (Å²) < 4.78 is 39.7. The van der Waals surface area contributed by atoms with Gasteiger partial charge in [0.25, 0.3) is 5.91 Å². The number of ether oxygens (including phenoxy) is 1. The molecule has 188 valence electrons. The summed E-state index contributed by atoms with van der Waals surface area (Å²) in [5.74, 6) is 0.404. The third kappa shape index (κ3) is 4.81. The van der Waals surface area contributed by atoms with Crippen LogP contribution in [0.25, 0.3) is 0 Å². The minimum absolute atomic E-state index is 0.00130. The van der Waals surface area contributed by atoms with Crippen LogP contribution in [0.5, 0.6) is 5.75 Å². The molecule has 1 aromatic heterocycles. The van der Waals surface area contributed by atoms with Crippen LogP contribution in [-0.2, 0) is 26.2 Å². The summed E-state index contributed by atoms with van der Waals surface area (Å²) in [4.78, 5) is 27.4. The average Bonchev–Trinajstić information content (AvgIpc) is 3.56. The molecule has 1 saturated heterocycles. The summed E-state index contributed by atoms with van der Waals surface area (Å²) in [5.41, 5.74) is 0.989. The molecule has 10 heteroatoms. The lowest BCUT2D eigenvalue weighted by Gasteiger charge is -2.36. The van der Waals surface area contributed by atoms with Crippen molar-refractivity contribution in [2.45, 2.75) is 62.9 Å². The number of fused-ring (bicyclic) bond motifs is 1. The van der Waals surface area contributed by atoms with Crippen LogP contribution in [-0.4, -0.2) is 55.2 Å². The third-order valence-electron chi connectivity index (χ3n) is 7.22. The van der Waals surface area contributed by atoms with Gasteiger partial charge in [-0.25, -0.2) is 8.42 Å². The molecule has 0 radical (unpaired) electrons. The Morgan fingerprint density at radius 2 is 2.00 bits per heavy atom. The first kappa shape index (κ1) is 23.9. The van der Waals surface area contributed by atoms with Gasteiger partial charge in [-0.2, -0.15) is 4.31 Å². The summed E-state index contributed by atoms with van der Waals surface area (Å²) in [6.07, 6.45) is 7.00. The summed E-state index contributed by atoms with van der Waals surface area (Å²) in [5, 5.41) is 2.71. The lowest BCUT2D eigenvalue weighted by atomic mass is 9.97. The molecule has 2 aliphatic heterocycles. The van der Waals surface area contributed by atoms with Crippen molar-refractivity contribution in [3.8, 4) is 5.75 Å². The molecule has 1 atom stereocenters. The highest BCUT2D eigenvalue weighted by Crippen LogP contribution is 2.36. The number of anilines is 1. The first-order chi connectivity index (χ1) is 16.8. The molecule has 2 amide bonds. The summed E-state index contributed by atoms with van der Waals surface area (Å²) in [6.45, 7) is 2.47. The quantitative estimate of drug-likeness (QED) is 0.651. The summed E-state index contributed by atoms with van der Waals surface area (Å²) in [6, 6.07) is 6.95. The van der Waals surface area contributed by atoms with E-state index >= 15 is 0 Å². The fourth-order valence-corrected chi connectivity index (χ4v) is 7.15. The number of furan rings is 1. The monoisotopic (exact) mass is 501 g/mol. The van der Waals surface area contributed by atoms with Crippen LogP contribution in [0, 0.1) is 12.8 Å². The van der Waals surface area contributed by atoms with Crippen molar-refractivity contribution in [3.05, 3.63) is 41.9 Å². The van der Waals surface area contributed by atoms with E-state index in [2.05, 4.69) is 5.32 Å². The predicted octanol–water partition coefficient (Wildman–Crippen LogP) is 3.29. The molecule has 0 spiro atoms. The summed E-state index contributed by atoms with van der Waals surface area (Å²) in [7, 11) is -3.85. The van der Waals surface area contributed by atoms with Crippen molar-refractivity contribution in [2.75, 3.05) is 25.0 Å². The largest absolute Gasteiger partial charge is 0.482 e. The van der Waals surface area contributed by atoms with E-state index in [9.17, 15) is 18.0 Å². The number of piperidine rings is 1. The highest BCUT2D eigenvalue weighted by atomic mass is 32.2. The maximum Gasteiger partial charge on any atom is 0.262 e. The van der Waals surface area contributed by atoms with E-state index in [1.165, 1.54) is 10.4 Å². The van der Waals surface area contributed by atoms with Gasteiger partial charge >= 0.3 is 0 Å².